The van der Waals surface area contributed by atoms with Crippen molar-refractivity contribution in [3.8, 4) is 0 Å². The number of aryl methyl sites for hydroxylation is 2. The third kappa shape index (κ3) is 2.75. The SMILES string of the molecule is CCc1nc2c(Cl)cc(C(F)(F)F)cn2c1C(=O)n1c(C)nc2ccccc21. The smallest absolute Gasteiger partial charge is 0.293 e. The standard InChI is InChI=1S/C19H14ClF3N4O/c1-3-13-16(18(28)27-10(2)24-14-6-4-5-7-15(14)27)26-9-11(19(21,22)23)8-12(20)17(26)25-13/h4-9H,3H2,1-2H3. The molecular weight excluding hydrogens is 393 g/mol. The molecule has 3 aromatic heterocycles. The molecular formula is C19H14ClF3N4O. The molecule has 0 amide bonds. The Labute approximate surface area is 162 Å². The number of rotatable bonds is 2. The fourth-order valence-electron chi connectivity index (χ4n) is 3.29. The molecule has 0 saturated carbocycles. The second-order valence-corrected chi connectivity index (χ2v) is 6.72. The summed E-state index contributed by atoms with van der Waals surface area (Å²) in [6, 6.07) is 7.87. The second kappa shape index (κ2) is 6.34. The Bertz CT molecular complexity index is 1240. The molecule has 1 aromatic carbocycles. The van der Waals surface area contributed by atoms with E-state index >= 15 is 0 Å². The molecule has 28 heavy (non-hydrogen) atoms. The summed E-state index contributed by atoms with van der Waals surface area (Å²) >= 11 is 6.05. The fraction of sp³-hybridized carbons (Fsp3) is 0.211. The summed E-state index contributed by atoms with van der Waals surface area (Å²) in [5.74, 6) is -0.0767. The van der Waals surface area contributed by atoms with Gasteiger partial charge in [0.25, 0.3) is 5.91 Å². The van der Waals surface area contributed by atoms with Crippen LogP contribution < -0.4 is 0 Å². The lowest BCUT2D eigenvalue weighted by Crippen LogP contribution is -2.18. The molecule has 144 valence electrons. The molecule has 0 radical (unpaired) electrons. The monoisotopic (exact) mass is 406 g/mol. The van der Waals surface area contributed by atoms with Crippen LogP contribution in [0, 0.1) is 6.92 Å². The first-order valence-electron chi connectivity index (χ1n) is 8.48. The maximum Gasteiger partial charge on any atom is 0.417 e. The minimum atomic E-state index is -4.60. The van der Waals surface area contributed by atoms with Crippen molar-refractivity contribution in [2.45, 2.75) is 26.4 Å². The normalized spacial score (nSPS) is 12.2. The summed E-state index contributed by atoms with van der Waals surface area (Å²) in [6.07, 6.45) is -3.40. The van der Waals surface area contributed by atoms with Crippen molar-refractivity contribution in [1.82, 2.24) is 18.9 Å². The number of fused-ring (bicyclic) bond motifs is 2. The number of hydrogen-bond donors (Lipinski definition) is 0. The van der Waals surface area contributed by atoms with Gasteiger partial charge >= 0.3 is 6.18 Å². The van der Waals surface area contributed by atoms with Gasteiger partial charge in [0.2, 0.25) is 0 Å². The zero-order chi connectivity index (χ0) is 20.2. The van der Waals surface area contributed by atoms with Crippen molar-refractivity contribution >= 4 is 34.2 Å². The third-order valence-electron chi connectivity index (χ3n) is 4.54. The predicted molar refractivity (Wildman–Crippen MR) is 98.8 cm³/mol. The van der Waals surface area contributed by atoms with Crippen LogP contribution in [-0.4, -0.2) is 24.8 Å². The van der Waals surface area contributed by atoms with Gasteiger partial charge in [-0.1, -0.05) is 30.7 Å². The van der Waals surface area contributed by atoms with Crippen molar-refractivity contribution < 1.29 is 18.0 Å². The molecule has 0 N–H and O–H groups in total. The van der Waals surface area contributed by atoms with Crippen LogP contribution in [0.5, 0.6) is 0 Å². The van der Waals surface area contributed by atoms with Gasteiger partial charge in [-0.25, -0.2) is 9.97 Å². The lowest BCUT2D eigenvalue weighted by atomic mass is 10.2. The molecule has 3 heterocycles. The molecule has 0 aliphatic carbocycles. The number of nitrogens with zero attached hydrogens (tertiary/aromatic N) is 4. The molecule has 0 atom stereocenters. The molecule has 0 saturated heterocycles. The Balaban J connectivity index is 2.03. The highest BCUT2D eigenvalue weighted by Crippen LogP contribution is 2.33. The lowest BCUT2D eigenvalue weighted by Gasteiger charge is -2.11. The predicted octanol–water partition coefficient (Wildman–Crippen LogP) is 4.92. The van der Waals surface area contributed by atoms with E-state index in [1.165, 1.54) is 4.57 Å². The van der Waals surface area contributed by atoms with Crippen LogP contribution >= 0.6 is 11.6 Å². The number of aromatic nitrogens is 4. The number of imidazole rings is 2. The molecule has 5 nitrogen and oxygen atoms in total. The number of hydrogen-bond acceptors (Lipinski definition) is 3. The van der Waals surface area contributed by atoms with Crippen molar-refractivity contribution in [3.05, 3.63) is 64.3 Å². The number of benzene rings is 1. The van der Waals surface area contributed by atoms with Gasteiger partial charge in [0.05, 0.1) is 27.3 Å². The number of para-hydroxylation sites is 2. The summed E-state index contributed by atoms with van der Waals surface area (Å²) in [5, 5.41) is -0.171. The molecule has 4 aromatic rings. The molecule has 0 spiro atoms. The summed E-state index contributed by atoms with van der Waals surface area (Å²) in [6.45, 7) is 3.44. The summed E-state index contributed by atoms with van der Waals surface area (Å²) in [4.78, 5) is 22.1. The van der Waals surface area contributed by atoms with Gasteiger partial charge in [-0.15, -0.1) is 0 Å². The average molecular weight is 407 g/mol. The lowest BCUT2D eigenvalue weighted by molar-refractivity contribution is -0.137. The zero-order valence-corrected chi connectivity index (χ0v) is 15.6. The zero-order valence-electron chi connectivity index (χ0n) is 14.9. The van der Waals surface area contributed by atoms with Crippen LogP contribution in [0.1, 0.15) is 34.5 Å². The topological polar surface area (TPSA) is 52.2 Å². The maximum absolute atomic E-state index is 13.4. The molecule has 0 fully saturated rings. The van der Waals surface area contributed by atoms with Crippen LogP contribution in [0.2, 0.25) is 5.02 Å². The molecule has 0 bridgehead atoms. The highest BCUT2D eigenvalue weighted by Gasteiger charge is 2.33. The van der Waals surface area contributed by atoms with Gasteiger partial charge in [0.1, 0.15) is 11.5 Å². The van der Waals surface area contributed by atoms with Crippen molar-refractivity contribution in [2.24, 2.45) is 0 Å². The van der Waals surface area contributed by atoms with E-state index in [2.05, 4.69) is 9.97 Å². The van der Waals surface area contributed by atoms with E-state index < -0.39 is 17.6 Å². The van der Waals surface area contributed by atoms with Gasteiger partial charge in [-0.3, -0.25) is 13.8 Å². The van der Waals surface area contributed by atoms with Gasteiger partial charge in [-0.05, 0) is 31.5 Å². The largest absolute Gasteiger partial charge is 0.417 e. The van der Waals surface area contributed by atoms with Crippen LogP contribution in [0.15, 0.2) is 36.5 Å². The number of carbonyl (C=O) groups excluding carboxylic acids is 1. The van der Waals surface area contributed by atoms with E-state index in [-0.39, 0.29) is 16.4 Å². The van der Waals surface area contributed by atoms with E-state index in [0.717, 1.165) is 16.7 Å². The first-order chi connectivity index (χ1) is 13.2. The molecule has 9 heteroatoms. The summed E-state index contributed by atoms with van der Waals surface area (Å²) in [7, 11) is 0. The average Bonchev–Trinajstić information content (AvgIpc) is 3.17. The Kier molecular flexibility index (Phi) is 4.19. The number of carbonyl (C=O) groups is 1. The fourth-order valence-corrected chi connectivity index (χ4v) is 3.54. The van der Waals surface area contributed by atoms with Crippen molar-refractivity contribution in [3.63, 3.8) is 0 Å². The highest BCUT2D eigenvalue weighted by molar-refractivity contribution is 6.33. The molecule has 0 aliphatic heterocycles. The second-order valence-electron chi connectivity index (χ2n) is 6.32. The number of halogens is 4. The number of pyridine rings is 1. The van der Waals surface area contributed by atoms with Gasteiger partial charge < -0.3 is 0 Å². The van der Waals surface area contributed by atoms with Gasteiger partial charge in [-0.2, -0.15) is 13.2 Å². The first-order valence-corrected chi connectivity index (χ1v) is 8.86. The van der Waals surface area contributed by atoms with Crippen LogP contribution in [-0.2, 0) is 12.6 Å². The number of alkyl halides is 3. The third-order valence-corrected chi connectivity index (χ3v) is 4.82. The van der Waals surface area contributed by atoms with Crippen molar-refractivity contribution in [1.29, 1.82) is 0 Å². The Morgan fingerprint density at radius 3 is 2.61 bits per heavy atom. The highest BCUT2D eigenvalue weighted by atomic mass is 35.5. The van der Waals surface area contributed by atoms with Crippen LogP contribution in [0.3, 0.4) is 0 Å². The Morgan fingerprint density at radius 2 is 1.93 bits per heavy atom. The van der Waals surface area contributed by atoms with E-state index in [9.17, 15) is 18.0 Å². The Morgan fingerprint density at radius 1 is 1.21 bits per heavy atom. The molecule has 0 aliphatic rings. The summed E-state index contributed by atoms with van der Waals surface area (Å²) < 4.78 is 42.3. The minimum Gasteiger partial charge on any atom is -0.293 e. The summed E-state index contributed by atoms with van der Waals surface area (Å²) in [5.41, 5.74) is 0.748. The van der Waals surface area contributed by atoms with E-state index in [1.54, 1.807) is 38.1 Å². The van der Waals surface area contributed by atoms with Gasteiger partial charge in [0, 0.05) is 6.20 Å². The quantitative estimate of drug-likeness (QED) is 0.475. The van der Waals surface area contributed by atoms with Crippen LogP contribution in [0.25, 0.3) is 16.7 Å². The maximum atomic E-state index is 13.4. The molecule has 0 unspecified atom stereocenters. The van der Waals surface area contributed by atoms with Crippen molar-refractivity contribution in [2.75, 3.05) is 0 Å². The molecule has 4 rings (SSSR count). The van der Waals surface area contributed by atoms with E-state index in [0.29, 0.717) is 29.0 Å². The Hall–Kier alpha value is -2.87. The van der Waals surface area contributed by atoms with E-state index in [1.807, 2.05) is 0 Å². The van der Waals surface area contributed by atoms with Crippen LogP contribution in [0.4, 0.5) is 13.2 Å². The minimum absolute atomic E-state index is 0.0387. The van der Waals surface area contributed by atoms with E-state index in [4.69, 9.17) is 11.6 Å². The van der Waals surface area contributed by atoms with Gasteiger partial charge in [0.15, 0.2) is 5.65 Å². The first kappa shape index (κ1) is 18.5.